The summed E-state index contributed by atoms with van der Waals surface area (Å²) in [5, 5.41) is 2.80. The van der Waals surface area contributed by atoms with Crippen molar-refractivity contribution < 1.29 is 32.2 Å². The molecule has 0 radical (unpaired) electrons. The van der Waals surface area contributed by atoms with Crippen molar-refractivity contribution in [2.24, 2.45) is 11.3 Å². The number of anilines is 2. The molecule has 0 bridgehead atoms. The number of carbonyl (C=O) groups excluding carboxylic acids is 2. The van der Waals surface area contributed by atoms with Gasteiger partial charge in [-0.15, -0.1) is 0 Å². The number of methoxy groups -OCH3 is 1. The van der Waals surface area contributed by atoms with Gasteiger partial charge in [-0.25, -0.2) is 4.98 Å². The van der Waals surface area contributed by atoms with Gasteiger partial charge in [0.15, 0.2) is 5.65 Å². The van der Waals surface area contributed by atoms with Crippen molar-refractivity contribution in [3.05, 3.63) is 58.7 Å². The van der Waals surface area contributed by atoms with Crippen LogP contribution in [-0.4, -0.2) is 70.7 Å². The number of carbonyl (C=O) groups is 2. The summed E-state index contributed by atoms with van der Waals surface area (Å²) in [6, 6.07) is 4.62. The number of pyridine rings is 3. The predicted molar refractivity (Wildman–Crippen MR) is 184 cm³/mol. The number of ether oxygens (including phenoxy) is 2. The second-order valence-corrected chi connectivity index (χ2v) is 14.2. The lowest BCUT2D eigenvalue weighted by Crippen LogP contribution is -2.37. The number of alkyl halides is 3. The van der Waals surface area contributed by atoms with Gasteiger partial charge < -0.3 is 19.4 Å². The highest BCUT2D eigenvalue weighted by molar-refractivity contribution is 6.03. The molecule has 0 saturated heterocycles. The van der Waals surface area contributed by atoms with Gasteiger partial charge in [0.25, 0.3) is 5.91 Å². The fourth-order valence-corrected chi connectivity index (χ4v) is 7.77. The molecule has 0 spiro atoms. The van der Waals surface area contributed by atoms with E-state index in [2.05, 4.69) is 35.1 Å². The standard InChI is InChI=1S/C37H42F3N7O4/c1-4-51-34(49)23-10-9-22-15-28(41-17-24(22)13-23)33(48)46-35-44-31-29(47(2)19-36(20-50-3)11-5-6-12-36)16-27(43-32(31)45-35)25-14-26(37(38,39)40)30(42-18-25)21-7-8-21/h14-18,21,23H,4-13,19-20H2,1-3H3,(H2,43,44,45,46,48). The lowest BCUT2D eigenvalue weighted by molar-refractivity contribution is -0.148. The Kier molecular flexibility index (Phi) is 9.46. The van der Waals surface area contributed by atoms with E-state index in [4.69, 9.17) is 9.47 Å². The van der Waals surface area contributed by atoms with E-state index in [1.807, 2.05) is 7.05 Å². The largest absolute Gasteiger partial charge is 0.466 e. The Hall–Kier alpha value is -4.59. The number of hydrogen-bond donors (Lipinski definition) is 2. The summed E-state index contributed by atoms with van der Waals surface area (Å²) in [4.78, 5) is 48.9. The van der Waals surface area contributed by atoms with E-state index in [0.29, 0.717) is 68.8 Å². The summed E-state index contributed by atoms with van der Waals surface area (Å²) in [6.45, 7) is 3.34. The van der Waals surface area contributed by atoms with Gasteiger partial charge in [-0.1, -0.05) is 12.8 Å². The molecule has 1 amide bonds. The molecule has 51 heavy (non-hydrogen) atoms. The molecular formula is C37H42F3N7O4. The third kappa shape index (κ3) is 7.28. The van der Waals surface area contributed by atoms with Crippen molar-refractivity contribution in [2.45, 2.75) is 76.8 Å². The van der Waals surface area contributed by atoms with Gasteiger partial charge in [-0.05, 0) is 81.2 Å². The molecule has 270 valence electrons. The smallest absolute Gasteiger partial charge is 0.418 e. The quantitative estimate of drug-likeness (QED) is 0.160. The van der Waals surface area contributed by atoms with Gasteiger partial charge in [-0.2, -0.15) is 18.2 Å². The second-order valence-electron chi connectivity index (χ2n) is 14.2. The van der Waals surface area contributed by atoms with E-state index in [1.165, 1.54) is 6.20 Å². The molecule has 7 rings (SSSR count). The molecule has 4 aromatic heterocycles. The Morgan fingerprint density at radius 1 is 1.06 bits per heavy atom. The minimum Gasteiger partial charge on any atom is -0.466 e. The number of rotatable bonds is 11. The molecule has 3 aliphatic carbocycles. The van der Waals surface area contributed by atoms with Gasteiger partial charge in [0, 0.05) is 50.0 Å². The molecule has 14 heteroatoms. The molecule has 0 aromatic carbocycles. The maximum atomic E-state index is 14.2. The van der Waals surface area contributed by atoms with Crippen LogP contribution >= 0.6 is 0 Å². The maximum Gasteiger partial charge on any atom is 0.418 e. The van der Waals surface area contributed by atoms with Crippen molar-refractivity contribution in [2.75, 3.05) is 44.1 Å². The van der Waals surface area contributed by atoms with Gasteiger partial charge in [0.05, 0.1) is 41.8 Å². The topological polar surface area (TPSA) is 135 Å². The minimum atomic E-state index is -4.56. The van der Waals surface area contributed by atoms with Crippen LogP contribution in [0, 0.1) is 11.3 Å². The number of imidazole rings is 1. The SMILES string of the molecule is CCOC(=O)C1CCc2cc(C(=O)Nc3nc4nc(-c5cnc(C6CC6)c(C(F)(F)F)c5)cc(N(C)CC5(COC)CCCC5)c4[nH]3)ncc2C1. The molecule has 11 nitrogen and oxygen atoms in total. The van der Waals surface area contributed by atoms with E-state index < -0.39 is 17.6 Å². The predicted octanol–water partition coefficient (Wildman–Crippen LogP) is 6.87. The van der Waals surface area contributed by atoms with E-state index >= 15 is 0 Å². The number of nitrogens with zero attached hydrogens (tertiary/aromatic N) is 5. The Balaban J connectivity index is 1.21. The first kappa shape index (κ1) is 34.8. The molecule has 1 unspecified atom stereocenters. The van der Waals surface area contributed by atoms with Gasteiger partial charge in [0.2, 0.25) is 5.95 Å². The fraction of sp³-hybridized carbons (Fsp3) is 0.514. The lowest BCUT2D eigenvalue weighted by Gasteiger charge is -2.34. The normalized spacial score (nSPS) is 18.4. The van der Waals surface area contributed by atoms with Crippen LogP contribution in [0.5, 0.6) is 0 Å². The highest BCUT2D eigenvalue weighted by Crippen LogP contribution is 2.46. The number of aryl methyl sites for hydroxylation is 1. The molecule has 4 aromatic rings. The summed E-state index contributed by atoms with van der Waals surface area (Å²) >= 11 is 0. The van der Waals surface area contributed by atoms with Crippen molar-refractivity contribution in [3.8, 4) is 11.3 Å². The summed E-state index contributed by atoms with van der Waals surface area (Å²) < 4.78 is 53.4. The monoisotopic (exact) mass is 705 g/mol. The molecule has 2 saturated carbocycles. The summed E-state index contributed by atoms with van der Waals surface area (Å²) in [6.07, 6.45) is 5.83. The lowest BCUT2D eigenvalue weighted by atomic mass is 9.84. The third-order valence-electron chi connectivity index (χ3n) is 10.4. The average molecular weight is 706 g/mol. The molecule has 1 atom stereocenters. The number of aromatic nitrogens is 5. The first-order valence-corrected chi connectivity index (χ1v) is 17.6. The van der Waals surface area contributed by atoms with E-state index in [0.717, 1.165) is 42.9 Å². The maximum absolute atomic E-state index is 14.2. The Bertz CT molecular complexity index is 1950. The number of fused-ring (bicyclic) bond motifs is 2. The van der Waals surface area contributed by atoms with Crippen LogP contribution in [0.25, 0.3) is 22.4 Å². The van der Waals surface area contributed by atoms with Crippen LogP contribution in [0.4, 0.5) is 24.8 Å². The Morgan fingerprint density at radius 3 is 2.55 bits per heavy atom. The first-order valence-electron chi connectivity index (χ1n) is 17.6. The summed E-state index contributed by atoms with van der Waals surface area (Å²) in [5.74, 6) is -0.994. The van der Waals surface area contributed by atoms with Gasteiger partial charge in [0.1, 0.15) is 11.2 Å². The first-order chi connectivity index (χ1) is 24.5. The number of amides is 1. The molecule has 4 heterocycles. The summed E-state index contributed by atoms with van der Waals surface area (Å²) in [5.41, 5.74) is 3.27. The van der Waals surface area contributed by atoms with Crippen LogP contribution < -0.4 is 10.2 Å². The van der Waals surface area contributed by atoms with Crippen LogP contribution in [0.15, 0.2) is 30.6 Å². The zero-order valence-electron chi connectivity index (χ0n) is 29.0. The zero-order chi connectivity index (χ0) is 35.9. The third-order valence-corrected chi connectivity index (χ3v) is 10.4. The number of halogens is 3. The summed E-state index contributed by atoms with van der Waals surface area (Å²) in [7, 11) is 3.63. The van der Waals surface area contributed by atoms with Gasteiger partial charge >= 0.3 is 12.1 Å². The van der Waals surface area contributed by atoms with Crippen LogP contribution in [0.2, 0.25) is 0 Å². The minimum absolute atomic E-state index is 0.0757. The van der Waals surface area contributed by atoms with Gasteiger partial charge in [-0.3, -0.25) is 24.9 Å². The number of hydrogen-bond acceptors (Lipinski definition) is 9. The highest BCUT2D eigenvalue weighted by Gasteiger charge is 2.40. The fourth-order valence-electron chi connectivity index (χ4n) is 7.77. The zero-order valence-corrected chi connectivity index (χ0v) is 29.0. The Morgan fingerprint density at radius 2 is 1.84 bits per heavy atom. The van der Waals surface area contributed by atoms with Crippen molar-refractivity contribution in [1.82, 2.24) is 24.9 Å². The molecule has 3 aliphatic rings. The second kappa shape index (κ2) is 13.9. The molecule has 2 fully saturated rings. The van der Waals surface area contributed by atoms with Crippen molar-refractivity contribution in [3.63, 3.8) is 0 Å². The van der Waals surface area contributed by atoms with E-state index in [1.54, 1.807) is 32.4 Å². The van der Waals surface area contributed by atoms with Crippen molar-refractivity contribution in [1.29, 1.82) is 0 Å². The van der Waals surface area contributed by atoms with Crippen molar-refractivity contribution >= 4 is 34.7 Å². The van der Waals surface area contributed by atoms with Crippen LogP contribution in [0.3, 0.4) is 0 Å². The number of esters is 1. The van der Waals surface area contributed by atoms with Crippen LogP contribution in [0.1, 0.15) is 90.7 Å². The number of aromatic amines is 1. The van der Waals surface area contributed by atoms with E-state index in [-0.39, 0.29) is 51.8 Å². The average Bonchev–Trinajstić information content (AvgIpc) is 3.73. The highest BCUT2D eigenvalue weighted by atomic mass is 19.4. The molecule has 2 N–H and O–H groups in total. The molecule has 0 aliphatic heterocycles. The number of H-pyrrole nitrogens is 1. The van der Waals surface area contributed by atoms with Crippen LogP contribution in [-0.2, 0) is 33.3 Å². The van der Waals surface area contributed by atoms with E-state index in [9.17, 15) is 22.8 Å². The Labute approximate surface area is 293 Å². The number of nitrogens with one attached hydrogen (secondary N) is 2. The molecular weight excluding hydrogens is 663 g/mol.